The number of carboxylic acid groups (broad SMARTS) is 2. The lowest BCUT2D eigenvalue weighted by Crippen LogP contribution is -2.20. The summed E-state index contributed by atoms with van der Waals surface area (Å²) in [5.74, 6) is -0.729. The van der Waals surface area contributed by atoms with Crippen LogP contribution in [0.5, 0.6) is 23.0 Å². The lowest BCUT2D eigenvalue weighted by molar-refractivity contribution is 0.0686. The first-order chi connectivity index (χ1) is 17.5. The van der Waals surface area contributed by atoms with Crippen LogP contribution < -0.4 is 20.9 Å². The zero-order valence-corrected chi connectivity index (χ0v) is 20.3. The summed E-state index contributed by atoms with van der Waals surface area (Å²) in [6, 6.07) is 23.0. The zero-order valence-electron chi connectivity index (χ0n) is 20.3. The van der Waals surface area contributed by atoms with Gasteiger partial charge in [-0.3, -0.25) is 0 Å². The molecule has 0 heterocycles. The fourth-order valence-electron chi connectivity index (χ4n) is 3.88. The topological polar surface area (TPSA) is 145 Å². The van der Waals surface area contributed by atoms with Crippen molar-refractivity contribution in [3.8, 4) is 23.0 Å². The minimum atomic E-state index is -1.12. The van der Waals surface area contributed by atoms with Gasteiger partial charge in [-0.25, -0.2) is 9.59 Å². The molecule has 188 valence electrons. The van der Waals surface area contributed by atoms with Crippen molar-refractivity contribution in [3.63, 3.8) is 0 Å². The van der Waals surface area contributed by atoms with E-state index in [0.717, 1.165) is 0 Å². The number of hydrogen-bond acceptors (Lipinski definition) is 6. The maximum atomic E-state index is 11.9. The molecule has 8 heteroatoms. The molecular weight excluding hydrogens is 472 g/mol. The molecule has 0 fully saturated rings. The third kappa shape index (κ3) is 5.82. The van der Waals surface area contributed by atoms with Crippen molar-refractivity contribution in [3.05, 3.63) is 107 Å². The van der Waals surface area contributed by atoms with E-state index in [1.54, 1.807) is 72.8 Å². The third-order valence-corrected chi connectivity index (χ3v) is 5.94. The summed E-state index contributed by atoms with van der Waals surface area (Å²) in [6.45, 7) is 3.73. The monoisotopic (exact) mass is 498 g/mol. The van der Waals surface area contributed by atoms with E-state index in [-0.39, 0.29) is 11.1 Å². The first kappa shape index (κ1) is 25.1. The Balaban J connectivity index is 1.79. The highest BCUT2D eigenvalue weighted by Crippen LogP contribution is 2.38. The van der Waals surface area contributed by atoms with Crippen molar-refractivity contribution in [2.45, 2.75) is 19.3 Å². The molecule has 0 radical (unpaired) electrons. The summed E-state index contributed by atoms with van der Waals surface area (Å²) in [5.41, 5.74) is 13.1. The Morgan fingerprint density at radius 1 is 0.622 bits per heavy atom. The Kier molecular flexibility index (Phi) is 6.75. The number of carboxylic acids is 2. The van der Waals surface area contributed by atoms with Crippen LogP contribution in [0.2, 0.25) is 0 Å². The smallest absolute Gasteiger partial charge is 0.335 e. The Labute approximate surface area is 213 Å². The SMILES string of the molecule is CC(C)(c1cc(Oc2cccc(N)c2)cc(C(=O)O)c1)c1cc(Oc2cccc(N)c2)cc(C(=O)O)c1. The highest BCUT2D eigenvalue weighted by Gasteiger charge is 2.27. The van der Waals surface area contributed by atoms with E-state index >= 15 is 0 Å². The predicted molar refractivity (Wildman–Crippen MR) is 141 cm³/mol. The van der Waals surface area contributed by atoms with Gasteiger partial charge in [-0.15, -0.1) is 0 Å². The number of carbonyl (C=O) groups is 2. The molecule has 8 nitrogen and oxygen atoms in total. The molecule has 0 spiro atoms. The minimum absolute atomic E-state index is 0.0232. The van der Waals surface area contributed by atoms with Crippen molar-refractivity contribution in [2.75, 3.05) is 11.5 Å². The number of aromatic carboxylic acids is 2. The number of hydrogen-bond donors (Lipinski definition) is 4. The fourth-order valence-corrected chi connectivity index (χ4v) is 3.88. The summed E-state index contributed by atoms with van der Waals surface area (Å²) in [4.78, 5) is 23.8. The van der Waals surface area contributed by atoms with Gasteiger partial charge in [0, 0.05) is 28.9 Å². The van der Waals surface area contributed by atoms with E-state index < -0.39 is 17.4 Å². The second-order valence-corrected chi connectivity index (χ2v) is 9.08. The standard InChI is InChI=1S/C29H26N2O6/c1-29(2,19-9-17(27(32)33)11-25(13-19)36-23-7-3-5-21(30)15-23)20-10-18(28(34)35)12-26(14-20)37-24-8-4-6-22(31)16-24/h3-16H,30-31H2,1-2H3,(H,32,33)(H,34,35). The molecule has 0 atom stereocenters. The van der Waals surface area contributed by atoms with Gasteiger partial charge in [0.15, 0.2) is 0 Å². The van der Waals surface area contributed by atoms with E-state index in [1.807, 2.05) is 13.8 Å². The summed E-state index contributed by atoms with van der Waals surface area (Å²) in [6.07, 6.45) is 0. The number of ether oxygens (including phenoxy) is 2. The largest absolute Gasteiger partial charge is 0.478 e. The van der Waals surface area contributed by atoms with Crippen LogP contribution >= 0.6 is 0 Å². The molecule has 0 unspecified atom stereocenters. The Morgan fingerprint density at radius 3 is 1.38 bits per heavy atom. The molecule has 0 aromatic heterocycles. The van der Waals surface area contributed by atoms with Gasteiger partial charge in [0.05, 0.1) is 11.1 Å². The Bertz CT molecular complexity index is 1380. The van der Waals surface area contributed by atoms with Crippen molar-refractivity contribution in [1.82, 2.24) is 0 Å². The Hall–Kier alpha value is -4.98. The number of benzene rings is 4. The van der Waals surface area contributed by atoms with Crippen LogP contribution in [0.3, 0.4) is 0 Å². The van der Waals surface area contributed by atoms with E-state index in [0.29, 0.717) is 45.5 Å². The highest BCUT2D eigenvalue weighted by molar-refractivity contribution is 5.89. The molecule has 0 aliphatic heterocycles. The number of anilines is 2. The molecule has 0 saturated heterocycles. The van der Waals surface area contributed by atoms with E-state index in [2.05, 4.69) is 0 Å². The van der Waals surface area contributed by atoms with Crippen LogP contribution in [0.25, 0.3) is 0 Å². The molecule has 0 amide bonds. The first-order valence-corrected chi connectivity index (χ1v) is 11.4. The fraction of sp³-hybridized carbons (Fsp3) is 0.103. The van der Waals surface area contributed by atoms with Crippen molar-refractivity contribution in [1.29, 1.82) is 0 Å². The van der Waals surface area contributed by atoms with Crippen LogP contribution in [0.4, 0.5) is 11.4 Å². The second-order valence-electron chi connectivity index (χ2n) is 9.08. The van der Waals surface area contributed by atoms with Gasteiger partial charge in [0.1, 0.15) is 23.0 Å². The van der Waals surface area contributed by atoms with Crippen LogP contribution in [-0.4, -0.2) is 22.2 Å². The first-order valence-electron chi connectivity index (χ1n) is 11.4. The quantitative estimate of drug-likeness (QED) is 0.211. The Morgan fingerprint density at radius 2 is 1.03 bits per heavy atom. The third-order valence-electron chi connectivity index (χ3n) is 5.94. The van der Waals surface area contributed by atoms with E-state index in [4.69, 9.17) is 20.9 Å². The normalized spacial score (nSPS) is 11.1. The molecule has 4 aromatic carbocycles. The van der Waals surface area contributed by atoms with Crippen LogP contribution in [0, 0.1) is 0 Å². The molecule has 4 aromatic rings. The highest BCUT2D eigenvalue weighted by atomic mass is 16.5. The van der Waals surface area contributed by atoms with Crippen LogP contribution in [0.1, 0.15) is 45.7 Å². The maximum absolute atomic E-state index is 11.9. The molecular formula is C29H26N2O6. The molecule has 6 N–H and O–H groups in total. The second kappa shape index (κ2) is 9.94. The number of rotatable bonds is 8. The van der Waals surface area contributed by atoms with Crippen molar-refractivity contribution in [2.24, 2.45) is 0 Å². The average molecular weight is 499 g/mol. The van der Waals surface area contributed by atoms with Gasteiger partial charge >= 0.3 is 11.9 Å². The van der Waals surface area contributed by atoms with Crippen molar-refractivity contribution >= 4 is 23.3 Å². The molecule has 4 rings (SSSR count). The summed E-state index contributed by atoms with van der Waals surface area (Å²) < 4.78 is 11.8. The van der Waals surface area contributed by atoms with Gasteiger partial charge in [-0.05, 0) is 71.8 Å². The molecule has 37 heavy (non-hydrogen) atoms. The summed E-state index contributed by atoms with van der Waals surface area (Å²) >= 11 is 0. The van der Waals surface area contributed by atoms with Crippen LogP contribution in [-0.2, 0) is 5.41 Å². The van der Waals surface area contributed by atoms with Gasteiger partial charge < -0.3 is 31.2 Å². The van der Waals surface area contributed by atoms with Crippen molar-refractivity contribution < 1.29 is 29.3 Å². The van der Waals surface area contributed by atoms with Gasteiger partial charge in [-0.1, -0.05) is 26.0 Å². The number of nitrogens with two attached hydrogens (primary N) is 2. The lowest BCUT2D eigenvalue weighted by Gasteiger charge is -2.28. The molecule has 0 bridgehead atoms. The van der Waals surface area contributed by atoms with Gasteiger partial charge in [0.2, 0.25) is 0 Å². The summed E-state index contributed by atoms with van der Waals surface area (Å²) in [5, 5.41) is 19.5. The zero-order chi connectivity index (χ0) is 26.7. The molecule has 0 aliphatic rings. The van der Waals surface area contributed by atoms with E-state index in [1.165, 1.54) is 12.1 Å². The molecule has 0 saturated carbocycles. The van der Waals surface area contributed by atoms with Gasteiger partial charge in [-0.2, -0.15) is 0 Å². The van der Waals surface area contributed by atoms with E-state index in [9.17, 15) is 19.8 Å². The lowest BCUT2D eigenvalue weighted by atomic mass is 9.77. The van der Waals surface area contributed by atoms with Gasteiger partial charge in [0.25, 0.3) is 0 Å². The maximum Gasteiger partial charge on any atom is 0.335 e. The predicted octanol–water partition coefficient (Wildman–Crippen LogP) is 6.16. The summed E-state index contributed by atoms with van der Waals surface area (Å²) in [7, 11) is 0. The molecule has 0 aliphatic carbocycles. The van der Waals surface area contributed by atoms with Crippen LogP contribution in [0.15, 0.2) is 84.9 Å². The number of nitrogen functional groups attached to an aromatic ring is 2. The minimum Gasteiger partial charge on any atom is -0.478 e. The average Bonchev–Trinajstić information content (AvgIpc) is 2.83.